The third-order valence-electron chi connectivity index (χ3n) is 6.68. The fourth-order valence-corrected chi connectivity index (χ4v) is 4.62. The number of benzene rings is 1. The molecule has 2 saturated heterocycles. The average molecular weight is 418 g/mol. The maximum absolute atomic E-state index is 8.80. The molecule has 164 valence electrons. The van der Waals surface area contributed by atoms with E-state index in [0.29, 0.717) is 11.8 Å². The third-order valence-corrected chi connectivity index (χ3v) is 6.68. The first-order valence-electron chi connectivity index (χ1n) is 11.6. The van der Waals surface area contributed by atoms with Crippen molar-refractivity contribution in [2.75, 3.05) is 38.1 Å². The van der Waals surface area contributed by atoms with Crippen LogP contribution in [-0.4, -0.2) is 54.9 Å². The van der Waals surface area contributed by atoms with Gasteiger partial charge in [0.15, 0.2) is 0 Å². The third kappa shape index (κ3) is 5.16. The smallest absolute Gasteiger partial charge is 0.0840 e. The summed E-state index contributed by atoms with van der Waals surface area (Å²) in [7, 11) is 2.16. The molecule has 31 heavy (non-hydrogen) atoms. The Morgan fingerprint density at radius 3 is 2.52 bits per heavy atom. The molecule has 0 amide bonds. The van der Waals surface area contributed by atoms with Gasteiger partial charge < -0.3 is 15.1 Å². The zero-order chi connectivity index (χ0) is 21.8. The van der Waals surface area contributed by atoms with Gasteiger partial charge in [-0.1, -0.05) is 18.7 Å². The summed E-state index contributed by atoms with van der Waals surface area (Å²) in [4.78, 5) is 9.31. The summed E-state index contributed by atoms with van der Waals surface area (Å²) in [5.41, 5.74) is 6.64. The van der Waals surface area contributed by atoms with Crippen LogP contribution in [0.2, 0.25) is 0 Å². The molecule has 2 aliphatic heterocycles. The normalized spacial score (nSPS) is 18.1. The molecule has 1 aromatic heterocycles. The number of rotatable bonds is 6. The van der Waals surface area contributed by atoms with E-state index in [9.17, 15) is 0 Å². The summed E-state index contributed by atoms with van der Waals surface area (Å²) in [6, 6.07) is 9.00. The fraction of sp³-hybridized carbons (Fsp3) is 0.462. The Kier molecular flexibility index (Phi) is 6.71. The highest BCUT2D eigenvalue weighted by atomic mass is 15.1. The van der Waals surface area contributed by atoms with Crippen LogP contribution in [0.5, 0.6) is 0 Å². The van der Waals surface area contributed by atoms with Crippen molar-refractivity contribution in [2.45, 2.75) is 45.1 Å². The summed E-state index contributed by atoms with van der Waals surface area (Å²) in [5.74, 6) is 0. The van der Waals surface area contributed by atoms with Crippen LogP contribution in [0, 0.1) is 12.3 Å². The van der Waals surface area contributed by atoms with Crippen LogP contribution in [0.25, 0.3) is 11.1 Å². The second kappa shape index (κ2) is 9.65. The average Bonchev–Trinajstić information content (AvgIpc) is 2.81. The van der Waals surface area contributed by atoms with Gasteiger partial charge in [-0.2, -0.15) is 0 Å². The van der Waals surface area contributed by atoms with Crippen LogP contribution in [-0.2, 0) is 0 Å². The zero-order valence-electron chi connectivity index (χ0n) is 19.0. The first-order chi connectivity index (χ1) is 15.0. The topological polar surface area (TPSA) is 55.3 Å². The highest BCUT2D eigenvalue weighted by Gasteiger charge is 2.19. The number of allylic oxidation sites excluding steroid dienone is 1. The van der Waals surface area contributed by atoms with Crippen molar-refractivity contribution in [3.63, 3.8) is 0 Å². The van der Waals surface area contributed by atoms with Crippen LogP contribution < -0.4 is 10.2 Å². The standard InChI is InChI=1S/C26H35N5/c1-19-7-8-21(22-15-24(18-28-17-22)31-11-5-4-6-12-31)16-25(19)26(27)20(2)29-23-9-13-30(3)14-10-23/h7-8,15-18,23,27,29H,2,4-6,9-14H2,1,3H3. The molecule has 2 aliphatic rings. The molecule has 5 heteroatoms. The number of likely N-dealkylation sites (tertiary alicyclic amines) is 1. The summed E-state index contributed by atoms with van der Waals surface area (Å²) >= 11 is 0. The van der Waals surface area contributed by atoms with Gasteiger partial charge in [0.25, 0.3) is 0 Å². The van der Waals surface area contributed by atoms with Crippen LogP contribution in [0.15, 0.2) is 48.9 Å². The summed E-state index contributed by atoms with van der Waals surface area (Å²) in [6.07, 6.45) is 9.91. The molecule has 2 fully saturated rings. The van der Waals surface area contributed by atoms with Gasteiger partial charge in [0.05, 0.1) is 23.3 Å². The first-order valence-corrected chi connectivity index (χ1v) is 11.6. The maximum atomic E-state index is 8.80. The molecule has 2 N–H and O–H groups in total. The van der Waals surface area contributed by atoms with Crippen molar-refractivity contribution >= 4 is 11.4 Å². The Morgan fingerprint density at radius 2 is 1.77 bits per heavy atom. The van der Waals surface area contributed by atoms with Gasteiger partial charge in [-0.3, -0.25) is 10.4 Å². The van der Waals surface area contributed by atoms with Gasteiger partial charge in [-0.25, -0.2) is 0 Å². The molecule has 0 bridgehead atoms. The lowest BCUT2D eigenvalue weighted by Crippen LogP contribution is -2.41. The molecule has 1 aromatic carbocycles. The molecule has 5 nitrogen and oxygen atoms in total. The SMILES string of the molecule is C=C(NC1CCN(C)CC1)C(=N)c1cc(-c2cncc(N3CCCCC3)c2)ccc1C. The predicted molar refractivity (Wildman–Crippen MR) is 130 cm³/mol. The number of piperidine rings is 2. The first kappa shape index (κ1) is 21.6. The minimum Gasteiger partial charge on any atom is -0.381 e. The highest BCUT2D eigenvalue weighted by Crippen LogP contribution is 2.28. The number of pyridine rings is 1. The number of nitrogens with zero attached hydrogens (tertiary/aromatic N) is 3. The minimum atomic E-state index is 0.401. The quantitative estimate of drug-likeness (QED) is 0.674. The fourth-order valence-electron chi connectivity index (χ4n) is 4.62. The lowest BCUT2D eigenvalue weighted by molar-refractivity contribution is 0.243. The van der Waals surface area contributed by atoms with Crippen LogP contribution >= 0.6 is 0 Å². The summed E-state index contributed by atoms with van der Waals surface area (Å²) < 4.78 is 0. The Labute approximate surface area is 186 Å². The number of anilines is 1. The monoisotopic (exact) mass is 417 g/mol. The second-order valence-electron chi connectivity index (χ2n) is 9.08. The van der Waals surface area contributed by atoms with Crippen molar-refractivity contribution in [1.82, 2.24) is 15.2 Å². The van der Waals surface area contributed by atoms with Crippen molar-refractivity contribution in [3.05, 3.63) is 60.1 Å². The van der Waals surface area contributed by atoms with Gasteiger partial charge in [-0.05, 0) is 82.4 Å². The lowest BCUT2D eigenvalue weighted by atomic mass is 9.96. The number of hydrogen-bond acceptors (Lipinski definition) is 5. The molecule has 0 spiro atoms. The van der Waals surface area contributed by atoms with Crippen LogP contribution in [0.1, 0.15) is 43.2 Å². The lowest BCUT2D eigenvalue weighted by Gasteiger charge is -2.31. The Balaban J connectivity index is 1.51. The van der Waals surface area contributed by atoms with Gasteiger partial charge >= 0.3 is 0 Å². The van der Waals surface area contributed by atoms with Crippen molar-refractivity contribution < 1.29 is 0 Å². The molecule has 0 radical (unpaired) electrons. The van der Waals surface area contributed by atoms with Crippen molar-refractivity contribution in [2.24, 2.45) is 0 Å². The van der Waals surface area contributed by atoms with E-state index in [1.54, 1.807) is 0 Å². The Bertz CT molecular complexity index is 937. The Hall–Kier alpha value is -2.66. The number of hydrogen-bond donors (Lipinski definition) is 2. The van der Waals surface area contributed by atoms with E-state index in [2.05, 4.69) is 64.9 Å². The van der Waals surface area contributed by atoms with E-state index in [0.717, 1.165) is 67.0 Å². The second-order valence-corrected chi connectivity index (χ2v) is 9.08. The van der Waals surface area contributed by atoms with Crippen LogP contribution in [0.4, 0.5) is 5.69 Å². The van der Waals surface area contributed by atoms with E-state index < -0.39 is 0 Å². The van der Waals surface area contributed by atoms with E-state index in [-0.39, 0.29) is 0 Å². The van der Waals surface area contributed by atoms with Crippen LogP contribution in [0.3, 0.4) is 0 Å². The molecule has 3 heterocycles. The zero-order valence-corrected chi connectivity index (χ0v) is 19.0. The maximum Gasteiger partial charge on any atom is 0.0840 e. The van der Waals surface area contributed by atoms with Gasteiger partial charge in [0.2, 0.25) is 0 Å². The van der Waals surface area contributed by atoms with Gasteiger partial charge in [-0.15, -0.1) is 0 Å². The predicted octanol–water partition coefficient (Wildman–Crippen LogP) is 4.61. The molecule has 0 unspecified atom stereocenters. The number of aryl methyl sites for hydroxylation is 1. The highest BCUT2D eigenvalue weighted by molar-refractivity contribution is 6.11. The summed E-state index contributed by atoms with van der Waals surface area (Å²) in [5, 5.41) is 12.3. The van der Waals surface area contributed by atoms with Gasteiger partial charge in [0.1, 0.15) is 0 Å². The molecule has 0 saturated carbocycles. The molecule has 2 aromatic rings. The van der Waals surface area contributed by atoms with Crippen molar-refractivity contribution in [3.8, 4) is 11.1 Å². The van der Waals surface area contributed by atoms with E-state index in [4.69, 9.17) is 5.41 Å². The number of nitrogens with one attached hydrogen (secondary N) is 2. The van der Waals surface area contributed by atoms with Gasteiger partial charge in [0, 0.05) is 36.5 Å². The van der Waals surface area contributed by atoms with Crippen molar-refractivity contribution in [1.29, 1.82) is 5.41 Å². The van der Waals surface area contributed by atoms with E-state index in [1.807, 2.05) is 12.4 Å². The van der Waals surface area contributed by atoms with E-state index in [1.165, 1.54) is 24.9 Å². The minimum absolute atomic E-state index is 0.401. The summed E-state index contributed by atoms with van der Waals surface area (Å²) in [6.45, 7) is 10.7. The van der Waals surface area contributed by atoms with E-state index >= 15 is 0 Å². The number of aromatic nitrogens is 1. The molecule has 0 aliphatic carbocycles. The Morgan fingerprint density at radius 1 is 1.03 bits per heavy atom. The molecular weight excluding hydrogens is 382 g/mol. The largest absolute Gasteiger partial charge is 0.381 e. The molecule has 0 atom stereocenters. The molecule has 4 rings (SSSR count). The molecular formula is C26H35N5.